The second kappa shape index (κ2) is 7.42. The van der Waals surface area contributed by atoms with Crippen LogP contribution >= 0.6 is 0 Å². The average Bonchev–Trinajstić information content (AvgIpc) is 2.85. The van der Waals surface area contributed by atoms with E-state index in [0.29, 0.717) is 0 Å². The van der Waals surface area contributed by atoms with Crippen molar-refractivity contribution >= 4 is 15.8 Å². The fourth-order valence-corrected chi connectivity index (χ4v) is 4.15. The summed E-state index contributed by atoms with van der Waals surface area (Å²) in [6.07, 6.45) is -4.76. The standard InChI is InChI=1S/C19H15F2NO6S/c1-9(23)27-19-16-14(29(2,25)26)4-3-13(15(16)18(24)17(19)21)28-12-6-10(8-22)5-11(20)7-12/h3-7,17-19,24H,1-2H3/t17-,18+,19+/m1/s1. The van der Waals surface area contributed by atoms with Gasteiger partial charge >= 0.3 is 5.97 Å². The smallest absolute Gasteiger partial charge is 0.303 e. The van der Waals surface area contributed by atoms with E-state index in [1.165, 1.54) is 12.1 Å². The number of hydrogen-bond acceptors (Lipinski definition) is 7. The summed E-state index contributed by atoms with van der Waals surface area (Å²) < 4.78 is 63.2. The molecule has 0 radical (unpaired) electrons. The van der Waals surface area contributed by atoms with E-state index in [2.05, 4.69) is 0 Å². The number of fused-ring (bicyclic) bond motifs is 1. The number of esters is 1. The number of halogens is 2. The summed E-state index contributed by atoms with van der Waals surface area (Å²) in [6.45, 7) is 1.02. The average molecular weight is 423 g/mol. The van der Waals surface area contributed by atoms with Crippen LogP contribution in [0.2, 0.25) is 0 Å². The van der Waals surface area contributed by atoms with Gasteiger partial charge in [-0.05, 0) is 24.3 Å². The summed E-state index contributed by atoms with van der Waals surface area (Å²) in [4.78, 5) is 11.1. The van der Waals surface area contributed by atoms with E-state index in [1.807, 2.05) is 0 Å². The molecule has 7 nitrogen and oxygen atoms in total. The largest absolute Gasteiger partial charge is 0.457 e. The lowest BCUT2D eigenvalue weighted by molar-refractivity contribution is -0.151. The van der Waals surface area contributed by atoms with Gasteiger partial charge in [-0.3, -0.25) is 4.79 Å². The van der Waals surface area contributed by atoms with Gasteiger partial charge in [0.2, 0.25) is 0 Å². The van der Waals surface area contributed by atoms with E-state index >= 15 is 0 Å². The Morgan fingerprint density at radius 2 is 1.93 bits per heavy atom. The SMILES string of the molecule is CC(=O)O[C@H]1c2c(S(C)(=O)=O)ccc(Oc3cc(F)cc(C#N)c3)c2[C@H](O)[C@H]1F. The van der Waals surface area contributed by atoms with Crippen LogP contribution in [0.15, 0.2) is 35.2 Å². The lowest BCUT2D eigenvalue weighted by atomic mass is 10.1. The number of ether oxygens (including phenoxy) is 2. The van der Waals surface area contributed by atoms with E-state index in [0.717, 1.165) is 31.4 Å². The van der Waals surface area contributed by atoms with Gasteiger partial charge in [-0.25, -0.2) is 17.2 Å². The third-order valence-corrected chi connectivity index (χ3v) is 5.45. The number of nitriles is 1. The lowest BCUT2D eigenvalue weighted by Crippen LogP contribution is -2.19. The maximum absolute atomic E-state index is 14.7. The first-order valence-corrected chi connectivity index (χ1v) is 10.2. The molecular weight excluding hydrogens is 408 g/mol. The molecule has 10 heteroatoms. The highest BCUT2D eigenvalue weighted by molar-refractivity contribution is 7.90. The number of benzene rings is 2. The predicted molar refractivity (Wildman–Crippen MR) is 95.1 cm³/mol. The fraction of sp³-hybridized carbons (Fsp3) is 0.263. The van der Waals surface area contributed by atoms with Gasteiger partial charge in [-0.2, -0.15) is 5.26 Å². The van der Waals surface area contributed by atoms with Crippen LogP contribution in [0.25, 0.3) is 0 Å². The van der Waals surface area contributed by atoms with Crippen LogP contribution in [0.1, 0.15) is 35.8 Å². The highest BCUT2D eigenvalue weighted by Gasteiger charge is 2.47. The Morgan fingerprint density at radius 1 is 1.24 bits per heavy atom. The van der Waals surface area contributed by atoms with Gasteiger partial charge in [0.25, 0.3) is 0 Å². The van der Waals surface area contributed by atoms with E-state index in [4.69, 9.17) is 14.7 Å². The number of aliphatic hydroxyl groups is 1. The minimum absolute atomic E-state index is 0.0360. The number of carbonyl (C=O) groups is 1. The van der Waals surface area contributed by atoms with Gasteiger partial charge in [-0.15, -0.1) is 0 Å². The first kappa shape index (κ1) is 20.7. The Kier molecular flexibility index (Phi) is 5.30. The van der Waals surface area contributed by atoms with Crippen LogP contribution in [-0.4, -0.2) is 31.9 Å². The van der Waals surface area contributed by atoms with E-state index in [-0.39, 0.29) is 33.1 Å². The molecule has 0 spiro atoms. The second-order valence-corrected chi connectivity index (χ2v) is 8.45. The van der Waals surface area contributed by atoms with E-state index in [9.17, 15) is 27.1 Å². The summed E-state index contributed by atoms with van der Waals surface area (Å²) in [6, 6.07) is 7.22. The first-order chi connectivity index (χ1) is 13.5. The zero-order valence-corrected chi connectivity index (χ0v) is 16.0. The monoisotopic (exact) mass is 423 g/mol. The molecule has 29 heavy (non-hydrogen) atoms. The molecule has 0 saturated carbocycles. The highest BCUT2D eigenvalue weighted by Crippen LogP contribution is 2.50. The number of rotatable bonds is 4. The van der Waals surface area contributed by atoms with Crippen molar-refractivity contribution in [1.29, 1.82) is 5.26 Å². The Bertz CT molecular complexity index is 1140. The molecule has 0 aromatic heterocycles. The number of aliphatic hydroxyl groups excluding tert-OH is 1. The van der Waals surface area contributed by atoms with Crippen LogP contribution in [0.4, 0.5) is 8.78 Å². The van der Waals surface area contributed by atoms with Gasteiger partial charge in [-0.1, -0.05) is 0 Å². The molecule has 0 heterocycles. The molecule has 0 unspecified atom stereocenters. The molecule has 0 fully saturated rings. The predicted octanol–water partition coefficient (Wildman–Crippen LogP) is 2.88. The van der Waals surface area contributed by atoms with Gasteiger partial charge in [0.15, 0.2) is 22.1 Å². The number of carbonyl (C=O) groups excluding carboxylic acids is 1. The molecule has 0 bridgehead atoms. The minimum Gasteiger partial charge on any atom is -0.457 e. The number of hydrogen-bond donors (Lipinski definition) is 1. The molecule has 2 aromatic carbocycles. The Hall–Kier alpha value is -3.03. The van der Waals surface area contributed by atoms with Gasteiger partial charge in [0, 0.05) is 30.4 Å². The summed E-state index contributed by atoms with van der Waals surface area (Å²) in [7, 11) is -3.88. The molecule has 0 saturated heterocycles. The maximum Gasteiger partial charge on any atom is 0.303 e. The van der Waals surface area contributed by atoms with Crippen LogP contribution in [0.5, 0.6) is 11.5 Å². The van der Waals surface area contributed by atoms with Crippen LogP contribution in [0, 0.1) is 17.1 Å². The Morgan fingerprint density at radius 3 is 2.52 bits per heavy atom. The lowest BCUT2D eigenvalue weighted by Gasteiger charge is -2.17. The zero-order valence-electron chi connectivity index (χ0n) is 15.2. The van der Waals surface area contributed by atoms with Gasteiger partial charge in [0.1, 0.15) is 23.4 Å². The quantitative estimate of drug-likeness (QED) is 0.752. The summed E-state index contributed by atoms with van der Waals surface area (Å²) >= 11 is 0. The van der Waals surface area contributed by atoms with Gasteiger partial charge in [0.05, 0.1) is 16.5 Å². The molecule has 152 valence electrons. The van der Waals surface area contributed by atoms with Crippen molar-refractivity contribution in [3.05, 3.63) is 52.8 Å². The molecule has 2 aromatic rings. The van der Waals surface area contributed by atoms with Crippen LogP contribution in [0.3, 0.4) is 0 Å². The molecule has 1 aliphatic rings. The number of sulfone groups is 1. The van der Waals surface area contributed by atoms with E-state index in [1.54, 1.807) is 6.07 Å². The van der Waals surface area contributed by atoms with Crippen molar-refractivity contribution in [3.8, 4) is 17.6 Å². The molecule has 0 aliphatic heterocycles. The van der Waals surface area contributed by atoms with Crippen LogP contribution in [-0.2, 0) is 19.4 Å². The van der Waals surface area contributed by atoms with Crippen molar-refractivity contribution in [2.75, 3.05) is 6.26 Å². The Balaban J connectivity index is 2.20. The van der Waals surface area contributed by atoms with Crippen molar-refractivity contribution in [1.82, 2.24) is 0 Å². The number of nitrogens with zero attached hydrogens (tertiary/aromatic N) is 1. The van der Waals surface area contributed by atoms with Gasteiger partial charge < -0.3 is 14.6 Å². The maximum atomic E-state index is 14.7. The van der Waals surface area contributed by atoms with Crippen molar-refractivity contribution in [2.45, 2.75) is 30.2 Å². The van der Waals surface area contributed by atoms with Crippen molar-refractivity contribution < 1.29 is 36.6 Å². The van der Waals surface area contributed by atoms with E-state index < -0.39 is 40.0 Å². The number of alkyl halides is 1. The molecule has 3 rings (SSSR count). The normalized spacial score (nSPS) is 20.6. The Labute approximate surface area is 165 Å². The summed E-state index contributed by atoms with van der Waals surface area (Å²) in [5.41, 5.74) is -0.502. The topological polar surface area (TPSA) is 114 Å². The molecule has 1 aliphatic carbocycles. The molecule has 0 amide bonds. The highest BCUT2D eigenvalue weighted by atomic mass is 32.2. The summed E-state index contributed by atoms with van der Waals surface area (Å²) in [5, 5.41) is 19.3. The van der Waals surface area contributed by atoms with Crippen LogP contribution < -0.4 is 4.74 Å². The van der Waals surface area contributed by atoms with Crippen molar-refractivity contribution in [2.24, 2.45) is 0 Å². The molecule has 1 N–H and O–H groups in total. The fourth-order valence-electron chi connectivity index (χ4n) is 3.21. The second-order valence-electron chi connectivity index (χ2n) is 6.47. The zero-order chi connectivity index (χ0) is 21.5. The first-order valence-electron chi connectivity index (χ1n) is 8.27. The summed E-state index contributed by atoms with van der Waals surface area (Å²) in [5.74, 6) is -1.90. The third kappa shape index (κ3) is 3.92. The minimum atomic E-state index is -3.88. The van der Waals surface area contributed by atoms with Crippen molar-refractivity contribution in [3.63, 3.8) is 0 Å². The third-order valence-electron chi connectivity index (χ3n) is 4.30. The molecular formula is C19H15F2NO6S. The molecule has 3 atom stereocenters.